The van der Waals surface area contributed by atoms with Gasteiger partial charge in [-0.15, -0.1) is 0 Å². The van der Waals surface area contributed by atoms with Gasteiger partial charge in [0.15, 0.2) is 0 Å². The molecule has 0 aliphatic carbocycles. The van der Waals surface area contributed by atoms with Crippen LogP contribution in [0.1, 0.15) is 51.4 Å². The predicted molar refractivity (Wildman–Crippen MR) is 103 cm³/mol. The van der Waals surface area contributed by atoms with Gasteiger partial charge in [-0.25, -0.2) is 0 Å². The summed E-state index contributed by atoms with van der Waals surface area (Å²) in [5.41, 5.74) is 21.1. The Morgan fingerprint density at radius 3 is 0.481 bits per heavy atom. The van der Waals surface area contributed by atoms with Crippen LogP contribution < -0.4 is 84.7 Å². The summed E-state index contributed by atoms with van der Waals surface area (Å²) in [6, 6.07) is 0. The fourth-order valence-corrected chi connectivity index (χ4v) is 1.28. The van der Waals surface area contributed by atoms with Crippen molar-refractivity contribution < 1.29 is 88.0 Å². The van der Waals surface area contributed by atoms with E-state index in [2.05, 4.69) is 0 Å². The Hall–Kier alpha value is 2.24. The quantitative estimate of drug-likeness (QED) is 0.0944. The summed E-state index contributed by atoms with van der Waals surface area (Å²) in [7, 11) is 0. The molecular weight excluding hydrogens is 940 g/mol. The first kappa shape index (κ1) is 88.4. The molecule has 15 heteroatoms. The fourth-order valence-electron chi connectivity index (χ4n) is 1.28. The van der Waals surface area contributed by atoms with Crippen molar-refractivity contribution in [2.75, 3.05) is 26.2 Å². The molecule has 26 N–H and O–H groups in total. The van der Waals surface area contributed by atoms with Gasteiger partial charge in [-0.1, -0.05) is 25.7 Å². The van der Waals surface area contributed by atoms with E-state index in [1.54, 1.807) is 0 Å². The third kappa shape index (κ3) is 130. The van der Waals surface area contributed by atoms with Gasteiger partial charge in [0.25, 0.3) is 0 Å². The Labute approximate surface area is 223 Å². The zero-order chi connectivity index (χ0) is 12.5. The van der Waals surface area contributed by atoms with Crippen molar-refractivity contribution in [2.24, 2.45) is 22.9 Å². The Bertz CT molecular complexity index is 107. The molecule has 0 bridgehead atoms. The van der Waals surface area contributed by atoms with Crippen LogP contribution in [0, 0.1) is 0 Å². The molecule has 0 saturated heterocycles. The standard InChI is InChI=1S/2C6H16N2.2ClH.6H3N.3Pt/c2*7-5-3-1-2-4-6-8;;;;;;;;;;;/h2*1-8H2;2*1H;6*1H3;;;/q;;;;;;;;;;3*+2/p-2. The predicted octanol–water partition coefficient (Wildman–Crippen LogP) is -4.10. The zero-order valence-electron chi connectivity index (χ0n) is 16.7. The van der Waals surface area contributed by atoms with Gasteiger partial charge in [0, 0.05) is 0 Å². The molecule has 0 aromatic heterocycles. The Kier molecular flexibility index (Phi) is 338. The molecule has 0 atom stereocenters. The normalized spacial score (nSPS) is 5.78. The van der Waals surface area contributed by atoms with E-state index in [1.807, 2.05) is 0 Å². The molecule has 0 aliphatic heterocycles. The maximum absolute atomic E-state index is 5.28. The van der Waals surface area contributed by atoms with Gasteiger partial charge in [0.05, 0.1) is 0 Å². The minimum atomic E-state index is 0. The van der Waals surface area contributed by atoms with Crippen LogP contribution in [0.3, 0.4) is 0 Å². The van der Waals surface area contributed by atoms with Gasteiger partial charge in [-0.3, -0.25) is 0 Å². The summed E-state index contributed by atoms with van der Waals surface area (Å²) in [4.78, 5) is 0. The molecule has 0 aliphatic rings. The van der Waals surface area contributed by atoms with Crippen molar-refractivity contribution in [3.63, 3.8) is 0 Å². The van der Waals surface area contributed by atoms with Crippen LogP contribution in [-0.2, 0) is 63.2 Å². The van der Waals surface area contributed by atoms with Crippen molar-refractivity contribution in [3.05, 3.63) is 0 Å². The minimum absolute atomic E-state index is 0. The molecule has 10 nitrogen and oxygen atoms in total. The minimum Gasteiger partial charge on any atom is -1.00 e. The van der Waals surface area contributed by atoms with Crippen LogP contribution in [0.5, 0.6) is 0 Å². The number of nitrogens with two attached hydrogens (primary N) is 4. The van der Waals surface area contributed by atoms with E-state index < -0.39 is 0 Å². The molecule has 27 heavy (non-hydrogen) atoms. The summed E-state index contributed by atoms with van der Waals surface area (Å²) in [6.45, 7) is 3.30. The van der Waals surface area contributed by atoms with Gasteiger partial charge >= 0.3 is 63.2 Å². The van der Waals surface area contributed by atoms with E-state index >= 15 is 0 Å². The van der Waals surface area contributed by atoms with E-state index in [4.69, 9.17) is 22.9 Å². The van der Waals surface area contributed by atoms with Crippen molar-refractivity contribution in [2.45, 2.75) is 51.4 Å². The average Bonchev–Trinajstić information content (AvgIpc) is 2.31. The van der Waals surface area contributed by atoms with Gasteiger partial charge in [-0.2, -0.15) is 0 Å². The molecule has 188 valence electrons. The molecule has 0 amide bonds. The van der Waals surface area contributed by atoms with Crippen LogP contribution in [0.2, 0.25) is 0 Å². The first-order valence-electron chi connectivity index (χ1n) is 6.63. The number of hydrogen-bond donors (Lipinski definition) is 10. The van der Waals surface area contributed by atoms with Crippen molar-refractivity contribution in [3.8, 4) is 0 Å². The van der Waals surface area contributed by atoms with E-state index in [0.717, 1.165) is 51.9 Å². The van der Waals surface area contributed by atoms with E-state index in [-0.39, 0.29) is 125 Å². The number of rotatable bonds is 10. The molecule has 0 heterocycles. The third-order valence-corrected chi connectivity index (χ3v) is 2.32. The summed E-state index contributed by atoms with van der Waals surface area (Å²) in [5.74, 6) is 0. The second-order valence-electron chi connectivity index (χ2n) is 3.98. The SMILES string of the molecule is N.N.N.N.N.N.NCCCCCCN.NCCCCCCN.[Cl-].[Cl-].[Pt+2].[Pt+2].[Pt+2]. The Morgan fingerprint density at radius 2 is 0.407 bits per heavy atom. The summed E-state index contributed by atoms with van der Waals surface area (Å²) < 4.78 is 0. The molecule has 0 aromatic rings. The molecule has 0 unspecified atom stereocenters. The van der Waals surface area contributed by atoms with Crippen LogP contribution in [-0.4, -0.2) is 26.2 Å². The topological polar surface area (TPSA) is 314 Å². The molecule has 0 rings (SSSR count). The molecular formula is C12H50Cl2N10Pt3+4. The van der Waals surface area contributed by atoms with E-state index in [0.29, 0.717) is 0 Å². The second kappa shape index (κ2) is 103. The number of unbranched alkanes of at least 4 members (excludes halogenated alkanes) is 6. The Morgan fingerprint density at radius 1 is 0.296 bits per heavy atom. The number of halogens is 2. The van der Waals surface area contributed by atoms with E-state index in [1.165, 1.54) is 25.7 Å². The first-order valence-corrected chi connectivity index (χ1v) is 6.63. The Balaban J connectivity index is -0.00000000938. The van der Waals surface area contributed by atoms with Gasteiger partial charge in [0.1, 0.15) is 0 Å². The molecule has 0 saturated carbocycles. The monoisotopic (exact) mass is 989 g/mol. The van der Waals surface area contributed by atoms with Crippen LogP contribution in [0.25, 0.3) is 0 Å². The summed E-state index contributed by atoms with van der Waals surface area (Å²) in [5, 5.41) is 0. The van der Waals surface area contributed by atoms with Gasteiger partial charge in [0.2, 0.25) is 0 Å². The maximum Gasteiger partial charge on any atom is 2.00 e. The van der Waals surface area contributed by atoms with Crippen molar-refractivity contribution >= 4 is 0 Å². The van der Waals surface area contributed by atoms with Gasteiger partial charge < -0.3 is 84.7 Å². The third-order valence-electron chi connectivity index (χ3n) is 2.32. The maximum atomic E-state index is 5.28. The van der Waals surface area contributed by atoms with Crippen molar-refractivity contribution in [1.82, 2.24) is 36.9 Å². The second-order valence-corrected chi connectivity index (χ2v) is 3.98. The molecule has 0 aromatic carbocycles. The zero-order valence-corrected chi connectivity index (χ0v) is 25.1. The largest absolute Gasteiger partial charge is 2.00 e. The fraction of sp³-hybridized carbons (Fsp3) is 1.00. The number of hydrogen-bond acceptors (Lipinski definition) is 10. The molecule has 0 fully saturated rings. The van der Waals surface area contributed by atoms with Crippen LogP contribution in [0.15, 0.2) is 0 Å². The van der Waals surface area contributed by atoms with Crippen molar-refractivity contribution in [1.29, 1.82) is 0 Å². The smallest absolute Gasteiger partial charge is 1.00 e. The van der Waals surface area contributed by atoms with Gasteiger partial charge in [-0.05, 0) is 51.9 Å². The molecule has 0 spiro atoms. The summed E-state index contributed by atoms with van der Waals surface area (Å²) in [6.07, 6.45) is 9.59. The first-order chi connectivity index (χ1) is 7.83. The molecule has 0 radical (unpaired) electrons. The van der Waals surface area contributed by atoms with Crippen LogP contribution >= 0.6 is 0 Å². The average molecular weight is 991 g/mol. The van der Waals surface area contributed by atoms with E-state index in [9.17, 15) is 0 Å². The van der Waals surface area contributed by atoms with Crippen LogP contribution in [0.4, 0.5) is 0 Å². The summed E-state index contributed by atoms with van der Waals surface area (Å²) >= 11 is 0.